The molecule has 1 N–H and O–H groups in total. The average molecular weight is 323 g/mol. The molecule has 0 radical (unpaired) electrons. The van der Waals surface area contributed by atoms with Crippen LogP contribution >= 0.6 is 22.7 Å². The Morgan fingerprint density at radius 2 is 1.95 bits per heavy atom. The van der Waals surface area contributed by atoms with E-state index in [-0.39, 0.29) is 24.0 Å². The second-order valence-electron chi connectivity index (χ2n) is 5.26. The van der Waals surface area contributed by atoms with Crippen molar-refractivity contribution in [2.75, 3.05) is 7.11 Å². The Kier molecular flexibility index (Phi) is 5.96. The monoisotopic (exact) mass is 323 g/mol. The molecule has 0 aliphatic carbocycles. The normalized spacial score (nSPS) is 14.1. The Morgan fingerprint density at radius 1 is 1.24 bits per heavy atom. The molecule has 0 aliphatic rings. The molecule has 21 heavy (non-hydrogen) atoms. The van der Waals surface area contributed by atoms with Crippen LogP contribution in [0.15, 0.2) is 35.0 Å². The molecule has 3 nitrogen and oxygen atoms in total. The van der Waals surface area contributed by atoms with E-state index in [1.54, 1.807) is 22.7 Å². The lowest BCUT2D eigenvalue weighted by atomic mass is 10.0. The summed E-state index contributed by atoms with van der Waals surface area (Å²) in [5, 5.41) is 7.64. The Balaban J connectivity index is 2.17. The molecule has 2 aromatic rings. The number of hydrogen-bond donors (Lipinski definition) is 1. The molecule has 0 bridgehead atoms. The molecule has 5 heteroatoms. The Hall–Kier alpha value is -1.17. The van der Waals surface area contributed by atoms with Crippen LogP contribution in [0.5, 0.6) is 0 Å². The van der Waals surface area contributed by atoms with Crippen molar-refractivity contribution in [2.24, 2.45) is 5.92 Å². The molecule has 0 aliphatic heterocycles. The molecule has 2 atom stereocenters. The second-order valence-corrected chi connectivity index (χ2v) is 7.27. The van der Waals surface area contributed by atoms with Crippen molar-refractivity contribution in [3.8, 4) is 0 Å². The lowest BCUT2D eigenvalue weighted by Crippen LogP contribution is -2.44. The van der Waals surface area contributed by atoms with Gasteiger partial charge >= 0.3 is 5.97 Å². The van der Waals surface area contributed by atoms with Crippen molar-refractivity contribution in [1.82, 2.24) is 5.32 Å². The van der Waals surface area contributed by atoms with Crippen LogP contribution in [-0.4, -0.2) is 19.1 Å². The fraction of sp³-hybridized carbons (Fsp3) is 0.438. The van der Waals surface area contributed by atoms with Gasteiger partial charge in [0.2, 0.25) is 0 Å². The van der Waals surface area contributed by atoms with E-state index in [0.717, 1.165) is 6.42 Å². The number of nitrogens with one attached hydrogen (secondary N) is 1. The van der Waals surface area contributed by atoms with E-state index in [1.165, 1.54) is 16.9 Å². The maximum absolute atomic E-state index is 12.0. The summed E-state index contributed by atoms with van der Waals surface area (Å²) in [6.45, 7) is 4.07. The van der Waals surface area contributed by atoms with E-state index in [0.29, 0.717) is 0 Å². The van der Waals surface area contributed by atoms with E-state index in [1.807, 2.05) is 19.9 Å². The van der Waals surface area contributed by atoms with Crippen LogP contribution in [0.3, 0.4) is 0 Å². The van der Waals surface area contributed by atoms with Gasteiger partial charge in [-0.05, 0) is 28.8 Å². The van der Waals surface area contributed by atoms with Crippen LogP contribution in [0, 0.1) is 5.92 Å². The van der Waals surface area contributed by atoms with Crippen molar-refractivity contribution in [3.63, 3.8) is 0 Å². The van der Waals surface area contributed by atoms with Gasteiger partial charge in [0.15, 0.2) is 0 Å². The summed E-state index contributed by atoms with van der Waals surface area (Å²) < 4.78 is 4.93. The number of thiophene rings is 2. The van der Waals surface area contributed by atoms with Gasteiger partial charge in [-0.15, -0.1) is 22.7 Å². The molecule has 2 heterocycles. The summed E-state index contributed by atoms with van der Waals surface area (Å²) in [7, 11) is 1.44. The third kappa shape index (κ3) is 4.40. The van der Waals surface area contributed by atoms with Crippen molar-refractivity contribution in [3.05, 3.63) is 44.8 Å². The van der Waals surface area contributed by atoms with Gasteiger partial charge in [-0.25, -0.2) is 0 Å². The van der Waals surface area contributed by atoms with Crippen molar-refractivity contribution >= 4 is 28.6 Å². The highest BCUT2D eigenvalue weighted by atomic mass is 32.1. The predicted octanol–water partition coefficient (Wildman–Crippen LogP) is 3.88. The van der Waals surface area contributed by atoms with Crippen LogP contribution in [-0.2, 0) is 16.0 Å². The second kappa shape index (κ2) is 7.73. The number of methoxy groups -OCH3 is 1. The van der Waals surface area contributed by atoms with Gasteiger partial charge in [-0.3, -0.25) is 10.1 Å². The maximum Gasteiger partial charge on any atom is 0.323 e. The minimum atomic E-state index is -0.290. The fourth-order valence-electron chi connectivity index (χ4n) is 2.24. The molecule has 2 aromatic heterocycles. The zero-order chi connectivity index (χ0) is 15.2. The topological polar surface area (TPSA) is 38.3 Å². The lowest BCUT2D eigenvalue weighted by Gasteiger charge is -2.26. The largest absolute Gasteiger partial charge is 0.468 e. The summed E-state index contributed by atoms with van der Waals surface area (Å²) in [6, 6.07) is 8.20. The van der Waals surface area contributed by atoms with E-state index < -0.39 is 0 Å². The molecule has 0 aromatic carbocycles. The van der Waals surface area contributed by atoms with Crippen molar-refractivity contribution in [2.45, 2.75) is 32.4 Å². The number of esters is 1. The van der Waals surface area contributed by atoms with Crippen LogP contribution in [0.4, 0.5) is 0 Å². The third-order valence-electron chi connectivity index (χ3n) is 3.37. The number of ether oxygens (including phenoxy) is 1. The third-order valence-corrected chi connectivity index (χ3v) is 5.26. The maximum atomic E-state index is 12.0. The van der Waals surface area contributed by atoms with Gasteiger partial charge in [0.25, 0.3) is 0 Å². The summed E-state index contributed by atoms with van der Waals surface area (Å²) in [6.07, 6.45) is 0.887. The first-order valence-corrected chi connectivity index (χ1v) is 8.77. The van der Waals surface area contributed by atoms with E-state index in [9.17, 15) is 4.79 Å². The minimum Gasteiger partial charge on any atom is -0.468 e. The molecule has 1 unspecified atom stereocenters. The van der Waals surface area contributed by atoms with Gasteiger partial charge in [0.1, 0.15) is 6.04 Å². The van der Waals surface area contributed by atoms with Crippen molar-refractivity contribution < 1.29 is 9.53 Å². The zero-order valence-electron chi connectivity index (χ0n) is 12.5. The highest BCUT2D eigenvalue weighted by Crippen LogP contribution is 2.26. The van der Waals surface area contributed by atoms with Crippen LogP contribution < -0.4 is 5.32 Å². The SMILES string of the molecule is COC(=O)[C@@H](NC(Cc1cccs1)c1cccs1)C(C)C. The van der Waals surface area contributed by atoms with Gasteiger partial charge in [-0.1, -0.05) is 26.0 Å². The first-order valence-electron chi connectivity index (χ1n) is 7.01. The molecule has 0 spiro atoms. The number of carbonyl (C=O) groups is 1. The predicted molar refractivity (Wildman–Crippen MR) is 88.9 cm³/mol. The number of carbonyl (C=O) groups excluding carboxylic acids is 1. The van der Waals surface area contributed by atoms with Gasteiger partial charge in [0.05, 0.1) is 7.11 Å². The van der Waals surface area contributed by atoms with E-state index >= 15 is 0 Å². The molecule has 114 valence electrons. The smallest absolute Gasteiger partial charge is 0.323 e. The summed E-state index contributed by atoms with van der Waals surface area (Å²) >= 11 is 3.46. The average Bonchev–Trinajstić information content (AvgIpc) is 3.14. The highest BCUT2D eigenvalue weighted by Gasteiger charge is 2.27. The molecular weight excluding hydrogens is 302 g/mol. The van der Waals surface area contributed by atoms with Crippen molar-refractivity contribution in [1.29, 1.82) is 0 Å². The number of rotatable bonds is 7. The number of hydrogen-bond acceptors (Lipinski definition) is 5. The zero-order valence-corrected chi connectivity index (χ0v) is 14.2. The van der Waals surface area contributed by atoms with Gasteiger partial charge in [0, 0.05) is 22.2 Å². The first-order chi connectivity index (χ1) is 10.1. The van der Waals surface area contributed by atoms with Crippen LogP contribution in [0.2, 0.25) is 0 Å². The Bertz CT molecular complexity index is 535. The standard InChI is InChI=1S/C16H21NO2S2/c1-11(2)15(16(18)19-3)17-13(14-7-5-9-21-14)10-12-6-4-8-20-12/h4-9,11,13,15,17H,10H2,1-3H3/t13?,15-/m0/s1. The van der Waals surface area contributed by atoms with Crippen LogP contribution in [0.25, 0.3) is 0 Å². The van der Waals surface area contributed by atoms with Gasteiger partial charge < -0.3 is 4.74 Å². The van der Waals surface area contributed by atoms with Gasteiger partial charge in [-0.2, -0.15) is 0 Å². The minimum absolute atomic E-state index is 0.134. The summed E-state index contributed by atoms with van der Waals surface area (Å²) in [4.78, 5) is 14.5. The van der Waals surface area contributed by atoms with E-state index in [4.69, 9.17) is 4.74 Å². The first kappa shape index (κ1) is 16.2. The summed E-state index contributed by atoms with van der Waals surface area (Å²) in [5.41, 5.74) is 0. The molecular formula is C16H21NO2S2. The molecule has 0 saturated heterocycles. The lowest BCUT2D eigenvalue weighted by molar-refractivity contribution is -0.144. The fourth-order valence-corrected chi connectivity index (χ4v) is 3.78. The Labute approximate surface area is 134 Å². The highest BCUT2D eigenvalue weighted by molar-refractivity contribution is 7.10. The molecule has 0 amide bonds. The molecule has 0 saturated carbocycles. The molecule has 0 fully saturated rings. The Morgan fingerprint density at radius 3 is 2.48 bits per heavy atom. The van der Waals surface area contributed by atoms with Crippen LogP contribution in [0.1, 0.15) is 29.6 Å². The quantitative estimate of drug-likeness (QED) is 0.786. The molecule has 2 rings (SSSR count). The summed E-state index contributed by atoms with van der Waals surface area (Å²) in [5.74, 6) is -0.0130. The van der Waals surface area contributed by atoms with E-state index in [2.05, 4.69) is 34.3 Å².